The summed E-state index contributed by atoms with van der Waals surface area (Å²) < 4.78 is 0. The molecule has 0 radical (unpaired) electrons. The Labute approximate surface area is 94.6 Å². The normalized spacial score (nSPS) is 11.8. The zero-order valence-electron chi connectivity index (χ0n) is 7.18. The minimum Gasteiger partial charge on any atom is -0.508 e. The van der Waals surface area contributed by atoms with Crippen molar-refractivity contribution in [1.29, 1.82) is 0 Å². The quantitative estimate of drug-likeness (QED) is 0.725. The lowest BCUT2D eigenvalue weighted by Crippen LogP contribution is -2.26. The second-order valence-electron chi connectivity index (χ2n) is 2.81. The molecule has 1 atom stereocenters. The zero-order chi connectivity index (χ0) is 8.97. The van der Waals surface area contributed by atoms with E-state index in [1.807, 2.05) is 0 Å². The summed E-state index contributed by atoms with van der Waals surface area (Å²) in [5.41, 5.74) is 6.55. The Morgan fingerprint density at radius 3 is 2.23 bits per heavy atom. The predicted molar refractivity (Wildman–Crippen MR) is 62.3 cm³/mol. The fourth-order valence-electron chi connectivity index (χ4n) is 0.999. The summed E-state index contributed by atoms with van der Waals surface area (Å²) in [7, 11) is 0. The summed E-state index contributed by atoms with van der Waals surface area (Å²) in [5.74, 6) is 0.247. The third-order valence-electron chi connectivity index (χ3n) is 1.67. The number of phenols is 1. The van der Waals surface area contributed by atoms with Gasteiger partial charge in [0.05, 0.1) is 6.61 Å². The molecule has 0 spiro atoms. The van der Waals surface area contributed by atoms with Gasteiger partial charge in [-0.1, -0.05) is 12.1 Å². The highest BCUT2D eigenvalue weighted by molar-refractivity contribution is 14.0. The predicted octanol–water partition coefficient (Wildman–Crippen LogP) is 0.872. The maximum atomic E-state index is 8.97. The van der Waals surface area contributed by atoms with E-state index >= 15 is 0 Å². The van der Waals surface area contributed by atoms with Gasteiger partial charge < -0.3 is 15.9 Å². The van der Waals surface area contributed by atoms with Gasteiger partial charge in [-0.05, 0) is 24.1 Å². The van der Waals surface area contributed by atoms with Gasteiger partial charge in [-0.15, -0.1) is 24.0 Å². The van der Waals surface area contributed by atoms with Crippen LogP contribution in [0.2, 0.25) is 0 Å². The van der Waals surface area contributed by atoms with E-state index < -0.39 is 0 Å². The van der Waals surface area contributed by atoms with E-state index in [0.29, 0.717) is 6.42 Å². The first-order chi connectivity index (χ1) is 5.72. The van der Waals surface area contributed by atoms with E-state index in [9.17, 15) is 0 Å². The molecular formula is C9H14INO2. The van der Waals surface area contributed by atoms with Crippen LogP contribution in [0.25, 0.3) is 0 Å². The summed E-state index contributed by atoms with van der Waals surface area (Å²) >= 11 is 0. The average molecular weight is 295 g/mol. The van der Waals surface area contributed by atoms with Gasteiger partial charge in [0, 0.05) is 6.04 Å². The van der Waals surface area contributed by atoms with E-state index in [2.05, 4.69) is 0 Å². The van der Waals surface area contributed by atoms with Crippen molar-refractivity contribution in [1.82, 2.24) is 0 Å². The second-order valence-corrected chi connectivity index (χ2v) is 2.81. The highest BCUT2D eigenvalue weighted by Gasteiger charge is 2.01. The van der Waals surface area contributed by atoms with Crippen molar-refractivity contribution in [3.63, 3.8) is 0 Å². The largest absolute Gasteiger partial charge is 0.508 e. The molecule has 0 aliphatic carbocycles. The van der Waals surface area contributed by atoms with Crippen LogP contribution in [0.3, 0.4) is 0 Å². The molecule has 1 rings (SSSR count). The standard InChI is InChI=1S/C9H13NO2.HI/c10-8(6-11)5-7-1-3-9(12)4-2-7;/h1-4,8,11-12H,5-6,10H2;1H/t8-;/m0./s1. The van der Waals surface area contributed by atoms with Gasteiger partial charge >= 0.3 is 0 Å². The van der Waals surface area contributed by atoms with Gasteiger partial charge in [-0.25, -0.2) is 0 Å². The van der Waals surface area contributed by atoms with Gasteiger partial charge in [0.15, 0.2) is 0 Å². The van der Waals surface area contributed by atoms with Gasteiger partial charge in [-0.2, -0.15) is 0 Å². The SMILES string of the molecule is I.N[C@H](CO)Cc1ccc(O)cc1. The molecule has 0 saturated carbocycles. The molecule has 0 fully saturated rings. The molecule has 4 N–H and O–H groups in total. The highest BCUT2D eigenvalue weighted by atomic mass is 127. The van der Waals surface area contributed by atoms with Crippen molar-refractivity contribution in [3.05, 3.63) is 29.8 Å². The molecule has 0 unspecified atom stereocenters. The number of halogens is 1. The van der Waals surface area contributed by atoms with E-state index in [1.165, 1.54) is 0 Å². The number of aliphatic hydroxyl groups excluding tert-OH is 1. The van der Waals surface area contributed by atoms with Crippen molar-refractivity contribution < 1.29 is 10.2 Å². The summed E-state index contributed by atoms with van der Waals surface area (Å²) in [4.78, 5) is 0. The molecule has 0 bridgehead atoms. The van der Waals surface area contributed by atoms with E-state index in [4.69, 9.17) is 15.9 Å². The lowest BCUT2D eigenvalue weighted by molar-refractivity contribution is 0.265. The van der Waals surface area contributed by atoms with Gasteiger partial charge in [-0.3, -0.25) is 0 Å². The van der Waals surface area contributed by atoms with Gasteiger partial charge in [0.2, 0.25) is 0 Å². The Morgan fingerprint density at radius 1 is 1.23 bits per heavy atom. The Morgan fingerprint density at radius 2 is 1.77 bits per heavy atom. The van der Waals surface area contributed by atoms with E-state index in [-0.39, 0.29) is 42.4 Å². The molecule has 4 heteroatoms. The first-order valence-corrected chi connectivity index (χ1v) is 3.86. The minimum absolute atomic E-state index is 0. The van der Waals surface area contributed by atoms with Crippen LogP contribution in [0.15, 0.2) is 24.3 Å². The van der Waals surface area contributed by atoms with Crippen LogP contribution in [0.4, 0.5) is 0 Å². The van der Waals surface area contributed by atoms with Crippen molar-refractivity contribution in [2.24, 2.45) is 5.73 Å². The summed E-state index contributed by atoms with van der Waals surface area (Å²) in [5, 5.41) is 17.6. The van der Waals surface area contributed by atoms with Crippen molar-refractivity contribution >= 4 is 24.0 Å². The zero-order valence-corrected chi connectivity index (χ0v) is 9.51. The number of aromatic hydroxyl groups is 1. The topological polar surface area (TPSA) is 66.5 Å². The molecule has 3 nitrogen and oxygen atoms in total. The lowest BCUT2D eigenvalue weighted by Gasteiger charge is -2.07. The third kappa shape index (κ3) is 4.44. The molecule has 0 saturated heterocycles. The molecule has 0 aliphatic heterocycles. The van der Waals surface area contributed by atoms with E-state index in [1.54, 1.807) is 24.3 Å². The maximum Gasteiger partial charge on any atom is 0.115 e. The van der Waals surface area contributed by atoms with Crippen LogP contribution in [0, 0.1) is 0 Å². The van der Waals surface area contributed by atoms with Crippen molar-refractivity contribution in [3.8, 4) is 5.75 Å². The second kappa shape index (κ2) is 6.17. The average Bonchev–Trinajstić information content (AvgIpc) is 2.09. The smallest absolute Gasteiger partial charge is 0.115 e. The molecule has 1 aromatic carbocycles. The van der Waals surface area contributed by atoms with Gasteiger partial charge in [0.1, 0.15) is 5.75 Å². The van der Waals surface area contributed by atoms with Crippen molar-refractivity contribution in [2.45, 2.75) is 12.5 Å². The van der Waals surface area contributed by atoms with Gasteiger partial charge in [0.25, 0.3) is 0 Å². The number of benzene rings is 1. The molecule has 13 heavy (non-hydrogen) atoms. The number of hydrogen-bond acceptors (Lipinski definition) is 3. The third-order valence-corrected chi connectivity index (χ3v) is 1.67. The van der Waals surface area contributed by atoms with E-state index in [0.717, 1.165) is 5.56 Å². The number of nitrogens with two attached hydrogens (primary N) is 1. The highest BCUT2D eigenvalue weighted by Crippen LogP contribution is 2.10. The Bertz CT molecular complexity index is 238. The summed E-state index contributed by atoms with van der Waals surface area (Å²) in [6.07, 6.45) is 0.636. The van der Waals surface area contributed by atoms with Crippen LogP contribution in [0.1, 0.15) is 5.56 Å². The minimum atomic E-state index is -0.213. The van der Waals surface area contributed by atoms with Crippen LogP contribution in [-0.2, 0) is 6.42 Å². The number of hydrogen-bond donors (Lipinski definition) is 3. The number of phenolic OH excluding ortho intramolecular Hbond substituents is 1. The molecule has 0 aromatic heterocycles. The number of aliphatic hydroxyl groups is 1. The number of rotatable bonds is 3. The molecular weight excluding hydrogens is 281 g/mol. The Hall–Kier alpha value is -0.330. The van der Waals surface area contributed by atoms with Crippen LogP contribution in [-0.4, -0.2) is 22.9 Å². The first-order valence-electron chi connectivity index (χ1n) is 3.86. The first kappa shape index (κ1) is 12.7. The summed E-state index contributed by atoms with van der Waals surface area (Å²) in [6.45, 7) is -0.0130. The maximum absolute atomic E-state index is 8.97. The van der Waals surface area contributed by atoms with Crippen molar-refractivity contribution in [2.75, 3.05) is 6.61 Å². The van der Waals surface area contributed by atoms with Crippen LogP contribution >= 0.6 is 24.0 Å². The Balaban J connectivity index is 0.00000144. The molecule has 0 heterocycles. The fourth-order valence-corrected chi connectivity index (χ4v) is 0.999. The molecule has 0 amide bonds. The molecule has 74 valence electrons. The van der Waals surface area contributed by atoms with Crippen LogP contribution < -0.4 is 5.73 Å². The molecule has 1 aromatic rings. The summed E-state index contributed by atoms with van der Waals surface area (Å²) in [6, 6.07) is 6.60. The monoisotopic (exact) mass is 295 g/mol. The molecule has 0 aliphatic rings. The van der Waals surface area contributed by atoms with Crippen LogP contribution in [0.5, 0.6) is 5.75 Å². The Kier molecular flexibility index (Phi) is 6.02. The fraction of sp³-hybridized carbons (Fsp3) is 0.333. The lowest BCUT2D eigenvalue weighted by atomic mass is 10.1.